The minimum absolute atomic E-state index is 0.0439. The van der Waals surface area contributed by atoms with Crippen LogP contribution in [0.25, 0.3) is 0 Å². The predicted molar refractivity (Wildman–Crippen MR) is 60.6 cm³/mol. The molecule has 0 saturated heterocycles. The Morgan fingerprint density at radius 1 is 1.12 bits per heavy atom. The number of alkyl halides is 3. The molecule has 1 nitrogen and oxygen atoms in total. The highest BCUT2D eigenvalue weighted by Gasteiger charge is 2.42. The molecule has 0 aromatic heterocycles. The Bertz CT molecular complexity index is 248. The molecule has 1 aliphatic carbocycles. The smallest absolute Gasteiger partial charge is 0.299 e. The van der Waals surface area contributed by atoms with Crippen LogP contribution < -0.4 is 0 Å². The molecule has 0 bridgehead atoms. The maximum absolute atomic E-state index is 12.5. The highest BCUT2D eigenvalue weighted by atomic mass is 19.4. The number of Topliss-reactive ketones (excluding diaryl/α,β-unsaturated/α-hetero) is 1. The van der Waals surface area contributed by atoms with E-state index in [1.54, 1.807) is 0 Å². The van der Waals surface area contributed by atoms with Crippen molar-refractivity contribution in [2.24, 2.45) is 17.8 Å². The number of ketones is 1. The fourth-order valence-electron chi connectivity index (χ4n) is 2.73. The maximum atomic E-state index is 12.5. The second kappa shape index (κ2) is 5.87. The average Bonchev–Trinajstić information content (AvgIpc) is 2.29. The van der Waals surface area contributed by atoms with Crippen molar-refractivity contribution < 1.29 is 18.0 Å². The summed E-state index contributed by atoms with van der Waals surface area (Å²) in [5.41, 5.74) is 0. The zero-order chi connectivity index (χ0) is 13.1. The predicted octanol–water partition coefficient (Wildman–Crippen LogP) is 4.36. The van der Waals surface area contributed by atoms with E-state index in [0.717, 1.165) is 12.8 Å². The van der Waals surface area contributed by atoms with Crippen molar-refractivity contribution in [2.45, 2.75) is 58.5 Å². The zero-order valence-electron chi connectivity index (χ0n) is 10.5. The fraction of sp³-hybridized carbons (Fsp3) is 0.923. The van der Waals surface area contributed by atoms with Crippen LogP contribution in [0.3, 0.4) is 0 Å². The minimum atomic E-state index is -4.08. The van der Waals surface area contributed by atoms with Crippen LogP contribution in [0.2, 0.25) is 0 Å². The van der Waals surface area contributed by atoms with Gasteiger partial charge in [-0.3, -0.25) is 4.79 Å². The zero-order valence-corrected chi connectivity index (χ0v) is 10.5. The number of carbonyl (C=O) groups is 1. The van der Waals surface area contributed by atoms with Gasteiger partial charge in [-0.25, -0.2) is 0 Å². The molecule has 0 heterocycles. The largest absolute Gasteiger partial charge is 0.391 e. The summed E-state index contributed by atoms with van der Waals surface area (Å²) in [7, 11) is 0. The monoisotopic (exact) mass is 250 g/mol. The van der Waals surface area contributed by atoms with E-state index < -0.39 is 12.1 Å². The van der Waals surface area contributed by atoms with Gasteiger partial charge in [-0.2, -0.15) is 13.2 Å². The molecule has 1 saturated carbocycles. The molecule has 1 aliphatic rings. The molecule has 0 atom stereocenters. The summed E-state index contributed by atoms with van der Waals surface area (Å²) in [6.45, 7) is 3.93. The van der Waals surface area contributed by atoms with Gasteiger partial charge in [-0.1, -0.05) is 13.8 Å². The van der Waals surface area contributed by atoms with Gasteiger partial charge in [0.05, 0.1) is 5.92 Å². The quantitative estimate of drug-likeness (QED) is 0.724. The topological polar surface area (TPSA) is 17.1 Å². The SMILES string of the molecule is CCC(CC)C(=O)C1CCC(C(F)(F)F)CC1. The third-order valence-electron chi connectivity index (χ3n) is 3.98. The molecule has 0 spiro atoms. The van der Waals surface area contributed by atoms with Gasteiger partial charge < -0.3 is 0 Å². The van der Waals surface area contributed by atoms with E-state index in [1.807, 2.05) is 13.8 Å². The number of rotatable bonds is 4. The summed E-state index contributed by atoms with van der Waals surface area (Å²) in [5.74, 6) is -1.08. The second-order valence-corrected chi connectivity index (χ2v) is 5.01. The van der Waals surface area contributed by atoms with E-state index in [-0.39, 0.29) is 30.5 Å². The first-order chi connectivity index (χ1) is 7.90. The van der Waals surface area contributed by atoms with Crippen molar-refractivity contribution in [3.05, 3.63) is 0 Å². The minimum Gasteiger partial charge on any atom is -0.299 e. The molecule has 0 radical (unpaired) electrons. The molecule has 4 heteroatoms. The first kappa shape index (κ1) is 14.5. The molecule has 1 rings (SSSR count). The summed E-state index contributed by atoms with van der Waals surface area (Å²) in [4.78, 5) is 12.0. The number of hydrogen-bond acceptors (Lipinski definition) is 1. The lowest BCUT2D eigenvalue weighted by Gasteiger charge is -2.30. The van der Waals surface area contributed by atoms with Crippen molar-refractivity contribution in [3.8, 4) is 0 Å². The molecule has 0 aliphatic heterocycles. The Morgan fingerprint density at radius 3 is 1.94 bits per heavy atom. The lowest BCUT2D eigenvalue weighted by molar-refractivity contribution is -0.184. The molecule has 0 aromatic rings. The summed E-state index contributed by atoms with van der Waals surface area (Å²) in [5, 5.41) is 0. The molecular weight excluding hydrogens is 229 g/mol. The van der Waals surface area contributed by atoms with Crippen LogP contribution in [0.1, 0.15) is 52.4 Å². The van der Waals surface area contributed by atoms with Crippen LogP contribution in [0, 0.1) is 17.8 Å². The van der Waals surface area contributed by atoms with Crippen LogP contribution in [0.5, 0.6) is 0 Å². The second-order valence-electron chi connectivity index (χ2n) is 5.01. The number of carbonyl (C=O) groups excluding carboxylic acids is 1. The van der Waals surface area contributed by atoms with E-state index in [0.29, 0.717) is 12.8 Å². The van der Waals surface area contributed by atoms with Gasteiger partial charge in [-0.05, 0) is 38.5 Å². The van der Waals surface area contributed by atoms with Crippen LogP contribution in [-0.4, -0.2) is 12.0 Å². The highest BCUT2D eigenvalue weighted by molar-refractivity contribution is 5.83. The molecule has 17 heavy (non-hydrogen) atoms. The Kier molecular flexibility index (Phi) is 5.02. The third kappa shape index (κ3) is 3.71. The standard InChI is InChI=1S/C13H21F3O/c1-3-9(4-2)12(17)10-5-7-11(8-6-10)13(14,15)16/h9-11H,3-8H2,1-2H3. The summed E-state index contributed by atoms with van der Waals surface area (Å²) in [6, 6.07) is 0. The molecular formula is C13H21F3O. The van der Waals surface area contributed by atoms with E-state index >= 15 is 0 Å². The normalized spacial score (nSPS) is 26.2. The van der Waals surface area contributed by atoms with Crippen molar-refractivity contribution in [1.82, 2.24) is 0 Å². The van der Waals surface area contributed by atoms with Gasteiger partial charge in [-0.15, -0.1) is 0 Å². The number of halogens is 3. The van der Waals surface area contributed by atoms with Crippen molar-refractivity contribution >= 4 is 5.78 Å². The first-order valence-electron chi connectivity index (χ1n) is 6.50. The van der Waals surface area contributed by atoms with Crippen molar-refractivity contribution in [2.75, 3.05) is 0 Å². The van der Waals surface area contributed by atoms with E-state index in [2.05, 4.69) is 0 Å². The third-order valence-corrected chi connectivity index (χ3v) is 3.98. The Labute approximate surface area is 101 Å². The van der Waals surface area contributed by atoms with Crippen LogP contribution in [0.15, 0.2) is 0 Å². The van der Waals surface area contributed by atoms with E-state index in [4.69, 9.17) is 0 Å². The van der Waals surface area contributed by atoms with Crippen LogP contribution >= 0.6 is 0 Å². The lowest BCUT2D eigenvalue weighted by Crippen LogP contribution is -2.32. The molecule has 0 amide bonds. The lowest BCUT2D eigenvalue weighted by atomic mass is 9.76. The molecule has 0 N–H and O–H groups in total. The summed E-state index contributed by atoms with van der Waals surface area (Å²) < 4.78 is 37.4. The van der Waals surface area contributed by atoms with Gasteiger partial charge in [0.25, 0.3) is 0 Å². The Morgan fingerprint density at radius 2 is 1.59 bits per heavy atom. The number of hydrogen-bond donors (Lipinski definition) is 0. The van der Waals surface area contributed by atoms with Crippen molar-refractivity contribution in [3.63, 3.8) is 0 Å². The van der Waals surface area contributed by atoms with Crippen LogP contribution in [-0.2, 0) is 4.79 Å². The van der Waals surface area contributed by atoms with Crippen LogP contribution in [0.4, 0.5) is 13.2 Å². The first-order valence-corrected chi connectivity index (χ1v) is 6.50. The van der Waals surface area contributed by atoms with Gasteiger partial charge in [0, 0.05) is 11.8 Å². The van der Waals surface area contributed by atoms with Gasteiger partial charge in [0.2, 0.25) is 0 Å². The Balaban J connectivity index is 2.49. The summed E-state index contributed by atoms with van der Waals surface area (Å²) in [6.07, 6.45) is -1.40. The van der Waals surface area contributed by atoms with Gasteiger partial charge in [0.1, 0.15) is 5.78 Å². The average molecular weight is 250 g/mol. The fourth-order valence-corrected chi connectivity index (χ4v) is 2.73. The van der Waals surface area contributed by atoms with Gasteiger partial charge in [0.15, 0.2) is 0 Å². The summed E-state index contributed by atoms with van der Waals surface area (Å²) >= 11 is 0. The van der Waals surface area contributed by atoms with E-state index in [1.165, 1.54) is 0 Å². The molecule has 0 aromatic carbocycles. The van der Waals surface area contributed by atoms with E-state index in [9.17, 15) is 18.0 Å². The molecule has 1 fully saturated rings. The molecule has 100 valence electrons. The highest BCUT2D eigenvalue weighted by Crippen LogP contribution is 2.40. The maximum Gasteiger partial charge on any atom is 0.391 e. The van der Waals surface area contributed by atoms with Gasteiger partial charge >= 0.3 is 6.18 Å². The molecule has 0 unspecified atom stereocenters. The van der Waals surface area contributed by atoms with Crippen molar-refractivity contribution in [1.29, 1.82) is 0 Å². The Hall–Kier alpha value is -0.540.